The molecule has 3 nitrogen and oxygen atoms in total. The van der Waals surface area contributed by atoms with Gasteiger partial charge < -0.3 is 14.8 Å². The Labute approximate surface area is 107 Å². The molecule has 2 rings (SSSR count). The summed E-state index contributed by atoms with van der Waals surface area (Å²) >= 11 is 0. The first-order chi connectivity index (χ1) is 8.66. The fraction of sp³-hybridized carbons (Fsp3) is 0.143. The van der Waals surface area contributed by atoms with E-state index in [2.05, 4.69) is 0 Å². The van der Waals surface area contributed by atoms with E-state index in [1.807, 2.05) is 37.3 Å². The van der Waals surface area contributed by atoms with E-state index in [0.717, 1.165) is 5.56 Å². The molecule has 0 aliphatic heterocycles. The first-order valence-corrected chi connectivity index (χ1v) is 5.84. The molecule has 0 aliphatic rings. The molecule has 0 bridgehead atoms. The summed E-state index contributed by atoms with van der Waals surface area (Å²) in [5.41, 5.74) is 1.55. The van der Waals surface area contributed by atoms with Crippen molar-refractivity contribution in [2.45, 2.75) is 13.0 Å². The summed E-state index contributed by atoms with van der Waals surface area (Å²) in [6.45, 7) is 1.98. The van der Waals surface area contributed by atoms with Crippen LogP contribution in [0.3, 0.4) is 0 Å². The zero-order valence-electron chi connectivity index (χ0n) is 10.2. The van der Waals surface area contributed by atoms with E-state index < -0.39 is 7.12 Å². The summed E-state index contributed by atoms with van der Waals surface area (Å²) < 4.78 is 5.77. The highest BCUT2D eigenvalue weighted by atomic mass is 16.5. The standard InChI is InChI=1S/C14H15BO3/c1-11(12-5-3-2-4-6-12)18-14-9-7-13(8-10-14)15(16)17/h2-11,16-17H,1H3. The van der Waals surface area contributed by atoms with Gasteiger partial charge in [-0.05, 0) is 30.1 Å². The fourth-order valence-corrected chi connectivity index (χ4v) is 1.71. The summed E-state index contributed by atoms with van der Waals surface area (Å²) in [7, 11) is -1.44. The zero-order valence-corrected chi connectivity index (χ0v) is 10.2. The minimum absolute atomic E-state index is 0.0453. The van der Waals surface area contributed by atoms with Gasteiger partial charge in [-0.2, -0.15) is 0 Å². The van der Waals surface area contributed by atoms with Crippen LogP contribution in [0.2, 0.25) is 0 Å². The van der Waals surface area contributed by atoms with Crippen molar-refractivity contribution in [1.82, 2.24) is 0 Å². The Hall–Kier alpha value is -1.78. The van der Waals surface area contributed by atoms with Crippen molar-refractivity contribution in [3.63, 3.8) is 0 Å². The maximum atomic E-state index is 8.99. The summed E-state index contributed by atoms with van der Waals surface area (Å²) in [5.74, 6) is 0.704. The van der Waals surface area contributed by atoms with Crippen molar-refractivity contribution in [2.75, 3.05) is 0 Å². The van der Waals surface area contributed by atoms with Gasteiger partial charge in [0.1, 0.15) is 11.9 Å². The molecule has 0 aromatic heterocycles. The zero-order chi connectivity index (χ0) is 13.0. The average molecular weight is 242 g/mol. The van der Waals surface area contributed by atoms with Gasteiger partial charge in [0.15, 0.2) is 0 Å². The molecule has 0 saturated heterocycles. The van der Waals surface area contributed by atoms with Gasteiger partial charge in [-0.1, -0.05) is 42.5 Å². The van der Waals surface area contributed by atoms with E-state index >= 15 is 0 Å². The third-order valence-electron chi connectivity index (χ3n) is 2.76. The molecule has 4 heteroatoms. The maximum absolute atomic E-state index is 8.99. The molecule has 1 atom stereocenters. The summed E-state index contributed by atoms with van der Waals surface area (Å²) in [6.07, 6.45) is -0.0453. The van der Waals surface area contributed by atoms with Crippen LogP contribution in [0, 0.1) is 0 Å². The van der Waals surface area contributed by atoms with Gasteiger partial charge in [-0.25, -0.2) is 0 Å². The second-order valence-electron chi connectivity index (χ2n) is 4.11. The molecule has 0 radical (unpaired) electrons. The molecular weight excluding hydrogens is 227 g/mol. The highest BCUT2D eigenvalue weighted by molar-refractivity contribution is 6.58. The monoisotopic (exact) mass is 242 g/mol. The van der Waals surface area contributed by atoms with Crippen molar-refractivity contribution < 1.29 is 14.8 Å². The molecule has 18 heavy (non-hydrogen) atoms. The van der Waals surface area contributed by atoms with Crippen molar-refractivity contribution in [3.8, 4) is 5.75 Å². The van der Waals surface area contributed by atoms with Crippen molar-refractivity contribution in [2.24, 2.45) is 0 Å². The van der Waals surface area contributed by atoms with Gasteiger partial charge in [0.25, 0.3) is 0 Å². The largest absolute Gasteiger partial charge is 0.488 e. The van der Waals surface area contributed by atoms with Crippen molar-refractivity contribution >= 4 is 12.6 Å². The molecule has 0 fully saturated rings. The third kappa shape index (κ3) is 3.12. The highest BCUT2D eigenvalue weighted by Crippen LogP contribution is 2.20. The molecule has 2 N–H and O–H groups in total. The number of rotatable bonds is 4. The van der Waals surface area contributed by atoms with Crippen LogP contribution in [-0.4, -0.2) is 17.2 Å². The first kappa shape index (κ1) is 12.7. The Morgan fingerprint density at radius 1 is 0.944 bits per heavy atom. The SMILES string of the molecule is CC(Oc1ccc(B(O)O)cc1)c1ccccc1. The molecule has 0 heterocycles. The lowest BCUT2D eigenvalue weighted by atomic mass is 9.80. The van der Waals surface area contributed by atoms with Gasteiger partial charge in [-0.15, -0.1) is 0 Å². The third-order valence-corrected chi connectivity index (χ3v) is 2.76. The van der Waals surface area contributed by atoms with Gasteiger partial charge in [-0.3, -0.25) is 0 Å². The Bertz CT molecular complexity index is 482. The smallest absolute Gasteiger partial charge is 0.486 e. The molecule has 0 amide bonds. The van der Waals surface area contributed by atoms with Crippen molar-refractivity contribution in [1.29, 1.82) is 0 Å². The Balaban J connectivity index is 2.05. The number of hydrogen-bond donors (Lipinski definition) is 2. The normalized spacial score (nSPS) is 11.9. The van der Waals surface area contributed by atoms with E-state index in [-0.39, 0.29) is 6.10 Å². The number of ether oxygens (including phenoxy) is 1. The van der Waals surface area contributed by atoms with Crippen LogP contribution in [0.1, 0.15) is 18.6 Å². The van der Waals surface area contributed by atoms with Crippen LogP contribution >= 0.6 is 0 Å². The topological polar surface area (TPSA) is 49.7 Å². The molecule has 0 saturated carbocycles. The molecular formula is C14H15BO3. The minimum atomic E-state index is -1.44. The average Bonchev–Trinajstić information content (AvgIpc) is 2.40. The predicted molar refractivity (Wildman–Crippen MR) is 71.8 cm³/mol. The van der Waals surface area contributed by atoms with E-state index in [9.17, 15) is 0 Å². The van der Waals surface area contributed by atoms with E-state index in [0.29, 0.717) is 11.2 Å². The van der Waals surface area contributed by atoms with Crippen LogP contribution in [0.25, 0.3) is 0 Å². The minimum Gasteiger partial charge on any atom is -0.486 e. The number of hydrogen-bond acceptors (Lipinski definition) is 3. The lowest BCUT2D eigenvalue weighted by Gasteiger charge is -2.15. The van der Waals surface area contributed by atoms with Gasteiger partial charge in [0, 0.05) is 0 Å². The molecule has 0 aliphatic carbocycles. The van der Waals surface area contributed by atoms with E-state index in [1.165, 1.54) is 0 Å². The highest BCUT2D eigenvalue weighted by Gasteiger charge is 2.11. The van der Waals surface area contributed by atoms with Gasteiger partial charge in [0.05, 0.1) is 0 Å². The predicted octanol–water partition coefficient (Wildman–Crippen LogP) is 1.51. The van der Waals surface area contributed by atoms with Crippen LogP contribution < -0.4 is 10.2 Å². The van der Waals surface area contributed by atoms with Crippen molar-refractivity contribution in [3.05, 3.63) is 60.2 Å². The Morgan fingerprint density at radius 2 is 1.56 bits per heavy atom. The number of benzene rings is 2. The Morgan fingerprint density at radius 3 is 2.11 bits per heavy atom. The first-order valence-electron chi connectivity index (χ1n) is 5.84. The van der Waals surface area contributed by atoms with Crippen LogP contribution in [-0.2, 0) is 0 Å². The second kappa shape index (κ2) is 5.71. The second-order valence-corrected chi connectivity index (χ2v) is 4.11. The quantitative estimate of drug-likeness (QED) is 0.799. The molecule has 2 aromatic carbocycles. The van der Waals surface area contributed by atoms with E-state index in [4.69, 9.17) is 14.8 Å². The fourth-order valence-electron chi connectivity index (χ4n) is 1.71. The summed E-state index contributed by atoms with van der Waals surface area (Å²) in [6, 6.07) is 16.7. The summed E-state index contributed by atoms with van der Waals surface area (Å²) in [5, 5.41) is 18.0. The molecule has 2 aromatic rings. The van der Waals surface area contributed by atoms with Gasteiger partial charge in [0.2, 0.25) is 0 Å². The molecule has 1 unspecified atom stereocenters. The van der Waals surface area contributed by atoms with E-state index in [1.54, 1.807) is 24.3 Å². The summed E-state index contributed by atoms with van der Waals surface area (Å²) in [4.78, 5) is 0. The maximum Gasteiger partial charge on any atom is 0.488 e. The molecule has 0 spiro atoms. The van der Waals surface area contributed by atoms with Crippen LogP contribution in [0.15, 0.2) is 54.6 Å². The lowest BCUT2D eigenvalue weighted by Crippen LogP contribution is -2.29. The van der Waals surface area contributed by atoms with Crippen LogP contribution in [0.4, 0.5) is 0 Å². The molecule has 92 valence electrons. The van der Waals surface area contributed by atoms with Crippen LogP contribution in [0.5, 0.6) is 5.75 Å². The van der Waals surface area contributed by atoms with Gasteiger partial charge >= 0.3 is 7.12 Å². The Kier molecular flexibility index (Phi) is 4.02. The lowest BCUT2D eigenvalue weighted by molar-refractivity contribution is 0.227.